The lowest BCUT2D eigenvalue weighted by Gasteiger charge is -2.30. The number of anilines is 2. The van der Waals surface area contributed by atoms with Gasteiger partial charge in [0.05, 0.1) is 5.41 Å². The van der Waals surface area contributed by atoms with Crippen LogP contribution in [0, 0.1) is 6.92 Å². The van der Waals surface area contributed by atoms with Crippen molar-refractivity contribution in [3.05, 3.63) is 143 Å². The SMILES string of the molecule is Cc1cc(N(C)C)cc(N(C)C)c1.c1ccc2c(c1)-c1ccccc1C21c2ccccc2-c2ccccc21. The van der Waals surface area contributed by atoms with Gasteiger partial charge in [0.2, 0.25) is 0 Å². The Hall–Kier alpha value is -4.30. The number of nitrogens with zero attached hydrogens (tertiary/aromatic N) is 2. The van der Waals surface area contributed by atoms with E-state index < -0.39 is 0 Å². The number of hydrogen-bond acceptors (Lipinski definition) is 2. The molecule has 0 atom stereocenters. The molecule has 0 saturated carbocycles. The Morgan fingerprint density at radius 2 is 0.711 bits per heavy atom. The second-order valence-corrected chi connectivity index (χ2v) is 10.7. The van der Waals surface area contributed by atoms with Crippen molar-refractivity contribution >= 4 is 11.4 Å². The average Bonchev–Trinajstić information content (AvgIpc) is 3.41. The second-order valence-electron chi connectivity index (χ2n) is 10.7. The van der Waals surface area contributed by atoms with Gasteiger partial charge in [0.25, 0.3) is 0 Å². The molecule has 188 valence electrons. The van der Waals surface area contributed by atoms with E-state index in [1.54, 1.807) is 0 Å². The highest BCUT2D eigenvalue weighted by molar-refractivity contribution is 5.94. The summed E-state index contributed by atoms with van der Waals surface area (Å²) in [5.74, 6) is 0. The zero-order chi connectivity index (χ0) is 26.4. The molecule has 0 aromatic heterocycles. The van der Waals surface area contributed by atoms with Crippen LogP contribution in [0.15, 0.2) is 115 Å². The first kappa shape index (κ1) is 24.1. The van der Waals surface area contributed by atoms with Crippen LogP contribution in [0.25, 0.3) is 22.3 Å². The number of aryl methyl sites for hydroxylation is 1. The summed E-state index contributed by atoms with van der Waals surface area (Å²) in [4.78, 5) is 4.25. The molecule has 2 nitrogen and oxygen atoms in total. The molecule has 2 aliphatic carbocycles. The summed E-state index contributed by atoms with van der Waals surface area (Å²) >= 11 is 0. The van der Waals surface area contributed by atoms with Crippen molar-refractivity contribution in [2.45, 2.75) is 12.3 Å². The molecule has 0 aliphatic heterocycles. The first-order chi connectivity index (χ1) is 18.4. The van der Waals surface area contributed by atoms with Gasteiger partial charge in [-0.3, -0.25) is 0 Å². The van der Waals surface area contributed by atoms with E-state index >= 15 is 0 Å². The molecule has 5 aromatic rings. The Bertz CT molecular complexity index is 1430. The van der Waals surface area contributed by atoms with Crippen molar-refractivity contribution in [3.8, 4) is 22.3 Å². The van der Waals surface area contributed by atoms with Crippen molar-refractivity contribution in [1.29, 1.82) is 0 Å². The Morgan fingerprint density at radius 3 is 1.00 bits per heavy atom. The van der Waals surface area contributed by atoms with Crippen molar-refractivity contribution in [2.75, 3.05) is 38.0 Å². The van der Waals surface area contributed by atoms with Crippen LogP contribution in [0.1, 0.15) is 27.8 Å². The monoisotopic (exact) mass is 494 g/mol. The molecule has 1 spiro atoms. The molecule has 0 amide bonds. The molecule has 5 aromatic carbocycles. The molecule has 0 fully saturated rings. The molecule has 0 bridgehead atoms. The highest BCUT2D eigenvalue weighted by Crippen LogP contribution is 2.62. The van der Waals surface area contributed by atoms with E-state index in [0.717, 1.165) is 0 Å². The average molecular weight is 495 g/mol. The molecule has 7 rings (SSSR count). The van der Waals surface area contributed by atoms with Gasteiger partial charge >= 0.3 is 0 Å². The van der Waals surface area contributed by atoms with Crippen molar-refractivity contribution < 1.29 is 0 Å². The number of rotatable bonds is 2. The second kappa shape index (κ2) is 9.22. The van der Waals surface area contributed by atoms with Crippen molar-refractivity contribution in [2.24, 2.45) is 0 Å². The molecule has 0 N–H and O–H groups in total. The largest absolute Gasteiger partial charge is 0.378 e. The Balaban J connectivity index is 0.000000174. The standard InChI is InChI=1S/C25H16.C11H18N2/c1-5-13-21-17(9-1)18-10-2-6-14-22(18)25(21)23-15-7-3-11-19(23)20-12-4-8-16-24(20)25;1-9-6-10(12(2)3)8-11(7-9)13(4)5/h1-16H;6-8H,1-5H3. The van der Waals surface area contributed by atoms with E-state index in [-0.39, 0.29) is 5.41 Å². The van der Waals surface area contributed by atoms with Crippen LogP contribution >= 0.6 is 0 Å². The lowest BCUT2D eigenvalue weighted by atomic mass is 9.70. The third kappa shape index (κ3) is 3.55. The predicted molar refractivity (Wildman–Crippen MR) is 163 cm³/mol. The van der Waals surface area contributed by atoms with E-state index in [1.807, 2.05) is 0 Å². The first-order valence-electron chi connectivity index (χ1n) is 13.3. The molecular weight excluding hydrogens is 460 g/mol. The Morgan fingerprint density at radius 1 is 0.421 bits per heavy atom. The van der Waals surface area contributed by atoms with Gasteiger partial charge in [-0.05, 0) is 75.2 Å². The maximum atomic E-state index is 2.31. The van der Waals surface area contributed by atoms with Crippen molar-refractivity contribution in [1.82, 2.24) is 0 Å². The van der Waals surface area contributed by atoms with E-state index in [9.17, 15) is 0 Å². The van der Waals surface area contributed by atoms with E-state index in [2.05, 4.69) is 160 Å². The highest BCUT2D eigenvalue weighted by Gasteiger charge is 2.51. The molecule has 2 aliphatic rings. The predicted octanol–water partition coefficient (Wildman–Crippen LogP) is 8.16. The summed E-state index contributed by atoms with van der Waals surface area (Å²) < 4.78 is 0. The van der Waals surface area contributed by atoms with Crippen LogP contribution in [-0.2, 0) is 5.41 Å². The van der Waals surface area contributed by atoms with Crippen LogP contribution in [0.2, 0.25) is 0 Å². The van der Waals surface area contributed by atoms with Crippen molar-refractivity contribution in [3.63, 3.8) is 0 Å². The summed E-state index contributed by atoms with van der Waals surface area (Å²) in [6.07, 6.45) is 0. The van der Waals surface area contributed by atoms with Gasteiger partial charge in [0, 0.05) is 39.6 Å². The van der Waals surface area contributed by atoms with Gasteiger partial charge in [-0.2, -0.15) is 0 Å². The maximum absolute atomic E-state index is 2.31. The number of fused-ring (bicyclic) bond motifs is 10. The summed E-state index contributed by atoms with van der Waals surface area (Å²) in [5.41, 5.74) is 14.7. The summed E-state index contributed by atoms with van der Waals surface area (Å²) in [7, 11) is 8.25. The molecule has 2 heteroatoms. The highest BCUT2D eigenvalue weighted by atomic mass is 15.1. The Labute approximate surface area is 226 Å². The van der Waals surface area contributed by atoms with E-state index in [0.29, 0.717) is 0 Å². The lowest BCUT2D eigenvalue weighted by Crippen LogP contribution is -2.25. The van der Waals surface area contributed by atoms with Crippen LogP contribution in [0.4, 0.5) is 11.4 Å². The van der Waals surface area contributed by atoms with Gasteiger partial charge in [0.1, 0.15) is 0 Å². The van der Waals surface area contributed by atoms with Crippen LogP contribution in [-0.4, -0.2) is 28.2 Å². The fourth-order valence-electron chi connectivity index (χ4n) is 6.31. The molecular formula is C36H34N2. The minimum absolute atomic E-state index is 0.180. The smallest absolute Gasteiger partial charge is 0.0725 e. The maximum Gasteiger partial charge on any atom is 0.0725 e. The fraction of sp³-hybridized carbons (Fsp3) is 0.167. The van der Waals surface area contributed by atoms with Gasteiger partial charge < -0.3 is 9.80 Å². The quantitative estimate of drug-likeness (QED) is 0.239. The van der Waals surface area contributed by atoms with Crippen LogP contribution in [0.3, 0.4) is 0 Å². The third-order valence-corrected chi connectivity index (χ3v) is 7.98. The van der Waals surface area contributed by atoms with Gasteiger partial charge in [0.15, 0.2) is 0 Å². The number of benzene rings is 5. The minimum atomic E-state index is -0.180. The van der Waals surface area contributed by atoms with Gasteiger partial charge in [-0.25, -0.2) is 0 Å². The van der Waals surface area contributed by atoms with Gasteiger partial charge in [-0.15, -0.1) is 0 Å². The van der Waals surface area contributed by atoms with Crippen LogP contribution in [0.5, 0.6) is 0 Å². The van der Waals surface area contributed by atoms with E-state index in [1.165, 1.54) is 61.4 Å². The normalized spacial score (nSPS) is 13.1. The zero-order valence-corrected chi connectivity index (χ0v) is 22.9. The summed E-state index contributed by atoms with van der Waals surface area (Å²) in [6.45, 7) is 2.12. The Kier molecular flexibility index (Phi) is 5.84. The summed E-state index contributed by atoms with van der Waals surface area (Å²) in [5, 5.41) is 0. The van der Waals surface area contributed by atoms with Gasteiger partial charge in [-0.1, -0.05) is 97.1 Å². The minimum Gasteiger partial charge on any atom is -0.378 e. The lowest BCUT2D eigenvalue weighted by molar-refractivity contribution is 0.794. The molecule has 0 saturated heterocycles. The van der Waals surface area contributed by atoms with Crippen LogP contribution < -0.4 is 9.80 Å². The molecule has 0 heterocycles. The topological polar surface area (TPSA) is 6.48 Å². The number of hydrogen-bond donors (Lipinski definition) is 0. The molecule has 0 unspecified atom stereocenters. The fourth-order valence-corrected chi connectivity index (χ4v) is 6.31. The summed E-state index contributed by atoms with van der Waals surface area (Å²) in [6, 6.07) is 42.2. The molecule has 0 radical (unpaired) electrons. The molecule has 38 heavy (non-hydrogen) atoms. The first-order valence-corrected chi connectivity index (χ1v) is 13.3. The third-order valence-electron chi connectivity index (χ3n) is 7.98. The zero-order valence-electron chi connectivity index (χ0n) is 22.9. The van der Waals surface area contributed by atoms with E-state index in [4.69, 9.17) is 0 Å².